The predicted molar refractivity (Wildman–Crippen MR) is 91.2 cm³/mol. The van der Waals surface area contributed by atoms with E-state index in [0.29, 0.717) is 5.69 Å². The van der Waals surface area contributed by atoms with Gasteiger partial charge in [0.2, 0.25) is 5.82 Å². The number of carbonyl (C=O) groups is 1. The zero-order valence-electron chi connectivity index (χ0n) is 13.6. The Kier molecular flexibility index (Phi) is 4.73. The van der Waals surface area contributed by atoms with Gasteiger partial charge in [-0.3, -0.25) is 10.1 Å². The summed E-state index contributed by atoms with van der Waals surface area (Å²) in [6, 6.07) is 4.79. The predicted octanol–water partition coefficient (Wildman–Crippen LogP) is 2.52. The van der Waals surface area contributed by atoms with E-state index >= 15 is 0 Å². The summed E-state index contributed by atoms with van der Waals surface area (Å²) in [5.41, 5.74) is 0.276. The van der Waals surface area contributed by atoms with Crippen molar-refractivity contribution in [1.82, 2.24) is 9.97 Å². The highest BCUT2D eigenvalue weighted by molar-refractivity contribution is 5.90. The molecule has 0 aliphatic carbocycles. The van der Waals surface area contributed by atoms with E-state index in [4.69, 9.17) is 0 Å². The molecule has 2 aromatic heterocycles. The minimum atomic E-state index is -0.682. The second-order valence-electron chi connectivity index (χ2n) is 5.56. The fraction of sp³-hybridized carbons (Fsp3) is 0.312. The molecule has 1 aliphatic rings. The normalized spacial score (nSPS) is 13.6. The van der Waals surface area contributed by atoms with Gasteiger partial charge in [-0.1, -0.05) is 0 Å². The number of hydrogen-bond donors (Lipinski definition) is 1. The summed E-state index contributed by atoms with van der Waals surface area (Å²) in [7, 11) is 1.20. The maximum atomic E-state index is 11.5. The highest BCUT2D eigenvalue weighted by atomic mass is 16.6. The maximum Gasteiger partial charge on any atom is 0.339 e. The lowest BCUT2D eigenvalue weighted by atomic mass is 10.2. The highest BCUT2D eigenvalue weighted by Crippen LogP contribution is 2.27. The summed E-state index contributed by atoms with van der Waals surface area (Å²) in [6.07, 6.45) is 5.15. The van der Waals surface area contributed by atoms with Gasteiger partial charge < -0.3 is 15.0 Å². The largest absolute Gasteiger partial charge is 0.465 e. The van der Waals surface area contributed by atoms with Gasteiger partial charge in [0.05, 0.1) is 29.5 Å². The Labute approximate surface area is 143 Å². The monoisotopic (exact) mass is 343 g/mol. The molecule has 9 heteroatoms. The average molecular weight is 343 g/mol. The molecule has 9 nitrogen and oxygen atoms in total. The lowest BCUT2D eigenvalue weighted by Crippen LogP contribution is -2.18. The van der Waals surface area contributed by atoms with Crippen molar-refractivity contribution in [3.63, 3.8) is 0 Å². The zero-order valence-corrected chi connectivity index (χ0v) is 13.6. The van der Waals surface area contributed by atoms with Gasteiger partial charge in [0.1, 0.15) is 5.82 Å². The molecular formula is C16H17N5O4. The van der Waals surface area contributed by atoms with Crippen molar-refractivity contribution in [3.8, 4) is 0 Å². The molecule has 1 N–H and O–H groups in total. The Morgan fingerprint density at radius 2 is 2.04 bits per heavy atom. The summed E-state index contributed by atoms with van der Waals surface area (Å²) in [6.45, 7) is 1.98. The number of pyridine rings is 2. The number of rotatable bonds is 5. The van der Waals surface area contributed by atoms with E-state index in [1.54, 1.807) is 12.3 Å². The van der Waals surface area contributed by atoms with Crippen molar-refractivity contribution in [3.05, 3.63) is 46.3 Å². The second-order valence-corrected chi connectivity index (χ2v) is 5.56. The van der Waals surface area contributed by atoms with Gasteiger partial charge in [-0.2, -0.15) is 0 Å². The number of carbonyl (C=O) groups excluding carboxylic acids is 1. The van der Waals surface area contributed by atoms with Gasteiger partial charge in [-0.15, -0.1) is 0 Å². The molecule has 3 heterocycles. The summed E-state index contributed by atoms with van der Waals surface area (Å²) < 4.78 is 4.55. The first-order valence-corrected chi connectivity index (χ1v) is 7.79. The van der Waals surface area contributed by atoms with E-state index in [2.05, 4.69) is 24.9 Å². The van der Waals surface area contributed by atoms with Crippen molar-refractivity contribution in [2.45, 2.75) is 12.8 Å². The number of aromatic nitrogens is 2. The van der Waals surface area contributed by atoms with Gasteiger partial charge in [0.25, 0.3) is 0 Å². The lowest BCUT2D eigenvalue weighted by Gasteiger charge is -2.16. The van der Waals surface area contributed by atoms with Crippen LogP contribution >= 0.6 is 0 Å². The van der Waals surface area contributed by atoms with Crippen LogP contribution in [0.4, 0.5) is 23.0 Å². The zero-order chi connectivity index (χ0) is 17.8. The van der Waals surface area contributed by atoms with Crippen LogP contribution in [0.2, 0.25) is 0 Å². The Morgan fingerprint density at radius 1 is 1.28 bits per heavy atom. The van der Waals surface area contributed by atoms with E-state index in [-0.39, 0.29) is 17.1 Å². The van der Waals surface area contributed by atoms with Crippen LogP contribution in [0.1, 0.15) is 23.2 Å². The number of nitro groups is 1. The first kappa shape index (κ1) is 16.6. The van der Waals surface area contributed by atoms with Crippen LogP contribution in [-0.4, -0.2) is 41.1 Å². The molecule has 0 aromatic carbocycles. The fourth-order valence-electron chi connectivity index (χ4n) is 2.65. The van der Waals surface area contributed by atoms with Crippen molar-refractivity contribution in [2.24, 2.45) is 0 Å². The number of nitrogens with one attached hydrogen (secondary N) is 1. The van der Waals surface area contributed by atoms with Crippen LogP contribution in [0, 0.1) is 10.1 Å². The van der Waals surface area contributed by atoms with Gasteiger partial charge in [0, 0.05) is 25.4 Å². The Bertz CT molecular complexity index is 788. The number of methoxy groups -OCH3 is 1. The molecule has 25 heavy (non-hydrogen) atoms. The molecule has 1 fully saturated rings. The molecular weight excluding hydrogens is 326 g/mol. The first-order valence-electron chi connectivity index (χ1n) is 7.79. The molecule has 0 amide bonds. The molecule has 0 radical (unpaired) electrons. The molecule has 1 saturated heterocycles. The molecule has 0 spiro atoms. The molecule has 0 bridgehead atoms. The van der Waals surface area contributed by atoms with Gasteiger partial charge >= 0.3 is 11.7 Å². The van der Waals surface area contributed by atoms with E-state index in [1.165, 1.54) is 13.3 Å². The van der Waals surface area contributed by atoms with E-state index in [1.807, 2.05) is 6.07 Å². The molecule has 2 aromatic rings. The summed E-state index contributed by atoms with van der Waals surface area (Å²) in [5.74, 6) is 0.235. The van der Waals surface area contributed by atoms with Crippen LogP contribution in [0.15, 0.2) is 30.6 Å². The summed E-state index contributed by atoms with van der Waals surface area (Å²) >= 11 is 0. The average Bonchev–Trinajstić information content (AvgIpc) is 3.16. The Balaban J connectivity index is 1.81. The molecule has 1 aliphatic heterocycles. The summed E-state index contributed by atoms with van der Waals surface area (Å²) in [4.78, 5) is 32.7. The minimum Gasteiger partial charge on any atom is -0.465 e. The van der Waals surface area contributed by atoms with Crippen molar-refractivity contribution < 1.29 is 14.5 Å². The quantitative estimate of drug-likeness (QED) is 0.501. The highest BCUT2D eigenvalue weighted by Gasteiger charge is 2.20. The fourth-order valence-corrected chi connectivity index (χ4v) is 2.65. The van der Waals surface area contributed by atoms with E-state index in [9.17, 15) is 14.9 Å². The third kappa shape index (κ3) is 3.65. The smallest absolute Gasteiger partial charge is 0.339 e. The first-order chi connectivity index (χ1) is 12.1. The molecule has 3 rings (SSSR count). The van der Waals surface area contributed by atoms with Crippen molar-refractivity contribution in [1.29, 1.82) is 0 Å². The molecule has 0 atom stereocenters. The number of anilines is 3. The van der Waals surface area contributed by atoms with Gasteiger partial charge in [-0.25, -0.2) is 14.8 Å². The van der Waals surface area contributed by atoms with Crippen LogP contribution in [0.5, 0.6) is 0 Å². The number of nitrogens with zero attached hydrogens (tertiary/aromatic N) is 4. The lowest BCUT2D eigenvalue weighted by molar-refractivity contribution is -0.384. The topological polar surface area (TPSA) is 110 Å². The third-order valence-corrected chi connectivity index (χ3v) is 3.93. The van der Waals surface area contributed by atoms with E-state index in [0.717, 1.165) is 37.8 Å². The Hall–Kier alpha value is -3.23. The van der Waals surface area contributed by atoms with Crippen LogP contribution < -0.4 is 10.2 Å². The third-order valence-electron chi connectivity index (χ3n) is 3.93. The van der Waals surface area contributed by atoms with Crippen molar-refractivity contribution >= 4 is 29.0 Å². The molecule has 0 unspecified atom stereocenters. The van der Waals surface area contributed by atoms with Crippen LogP contribution in [0.3, 0.4) is 0 Å². The SMILES string of the molecule is COC(=O)c1cnc(Nc2ccc(N3CCCC3)nc2)c([N+](=O)[O-])c1. The second kappa shape index (κ2) is 7.12. The molecule has 0 saturated carbocycles. The molecule has 130 valence electrons. The Morgan fingerprint density at radius 3 is 2.64 bits per heavy atom. The van der Waals surface area contributed by atoms with Crippen LogP contribution in [0.25, 0.3) is 0 Å². The summed E-state index contributed by atoms with van der Waals surface area (Å²) in [5, 5.41) is 14.1. The number of ether oxygens (including phenoxy) is 1. The standard InChI is InChI=1S/C16H17N5O4/c1-25-16(22)11-8-13(21(23)24)15(18-9-11)19-12-4-5-14(17-10-12)20-6-2-3-7-20/h4-5,8-10H,2-3,6-7H2,1H3,(H,18,19). The van der Waals surface area contributed by atoms with Gasteiger partial charge in [-0.05, 0) is 25.0 Å². The maximum absolute atomic E-state index is 11.5. The van der Waals surface area contributed by atoms with E-state index < -0.39 is 10.9 Å². The van der Waals surface area contributed by atoms with Crippen molar-refractivity contribution in [2.75, 3.05) is 30.4 Å². The minimum absolute atomic E-state index is 0.0160. The number of esters is 1. The van der Waals surface area contributed by atoms with Gasteiger partial charge in [0.15, 0.2) is 0 Å². The number of hydrogen-bond acceptors (Lipinski definition) is 8. The van der Waals surface area contributed by atoms with Crippen LogP contribution in [-0.2, 0) is 4.74 Å².